The molecule has 2 aromatic rings. The van der Waals surface area contributed by atoms with Gasteiger partial charge in [0.25, 0.3) is 5.56 Å². The molecule has 6 heteroatoms. The van der Waals surface area contributed by atoms with Crippen molar-refractivity contribution in [2.45, 2.75) is 0 Å². The van der Waals surface area contributed by atoms with E-state index in [1.807, 2.05) is 0 Å². The van der Waals surface area contributed by atoms with Crippen LogP contribution in [0.25, 0.3) is 11.3 Å². The van der Waals surface area contributed by atoms with Crippen molar-refractivity contribution < 1.29 is 4.39 Å². The molecule has 0 atom stereocenters. The molecule has 0 aliphatic carbocycles. The van der Waals surface area contributed by atoms with E-state index in [0.29, 0.717) is 5.02 Å². The SMILES string of the molecule is N#Cc1cc(=O)[nH]nc1-c1cc(Cl)ccc1F. The first-order valence-corrected chi connectivity index (χ1v) is 4.95. The van der Waals surface area contributed by atoms with Crippen LogP contribution in [0.15, 0.2) is 29.1 Å². The van der Waals surface area contributed by atoms with Gasteiger partial charge in [0.15, 0.2) is 0 Å². The Morgan fingerprint density at radius 1 is 1.41 bits per heavy atom. The minimum Gasteiger partial charge on any atom is -0.268 e. The average molecular weight is 250 g/mol. The van der Waals surface area contributed by atoms with Gasteiger partial charge >= 0.3 is 0 Å². The molecule has 2 rings (SSSR count). The highest BCUT2D eigenvalue weighted by molar-refractivity contribution is 6.30. The van der Waals surface area contributed by atoms with Gasteiger partial charge in [0.2, 0.25) is 0 Å². The number of nitrogens with one attached hydrogen (secondary N) is 1. The lowest BCUT2D eigenvalue weighted by molar-refractivity contribution is 0.630. The topological polar surface area (TPSA) is 69.5 Å². The van der Waals surface area contributed by atoms with Crippen LogP contribution >= 0.6 is 11.6 Å². The van der Waals surface area contributed by atoms with Gasteiger partial charge in [0.1, 0.15) is 17.6 Å². The number of aromatic nitrogens is 2. The molecule has 0 saturated carbocycles. The Kier molecular flexibility index (Phi) is 2.90. The molecule has 0 fully saturated rings. The van der Waals surface area contributed by atoms with Crippen LogP contribution in [0.2, 0.25) is 5.02 Å². The van der Waals surface area contributed by atoms with Crippen molar-refractivity contribution in [3.8, 4) is 17.3 Å². The van der Waals surface area contributed by atoms with E-state index in [-0.39, 0.29) is 16.8 Å². The number of aromatic amines is 1. The third-order valence-corrected chi connectivity index (χ3v) is 2.35. The maximum atomic E-state index is 13.6. The van der Waals surface area contributed by atoms with Crippen molar-refractivity contribution >= 4 is 11.6 Å². The zero-order chi connectivity index (χ0) is 12.4. The average Bonchev–Trinajstić information content (AvgIpc) is 2.32. The Morgan fingerprint density at radius 2 is 2.18 bits per heavy atom. The predicted octanol–water partition coefficient (Wildman–Crippen LogP) is 2.10. The van der Waals surface area contributed by atoms with Gasteiger partial charge in [0.05, 0.1) is 5.56 Å². The molecular formula is C11H5ClFN3O. The highest BCUT2D eigenvalue weighted by atomic mass is 35.5. The molecule has 4 nitrogen and oxygen atoms in total. The molecule has 84 valence electrons. The number of halogens is 2. The number of hydrogen-bond donors (Lipinski definition) is 1. The zero-order valence-electron chi connectivity index (χ0n) is 8.37. The fourth-order valence-electron chi connectivity index (χ4n) is 1.37. The number of hydrogen-bond acceptors (Lipinski definition) is 3. The zero-order valence-corrected chi connectivity index (χ0v) is 9.12. The first-order valence-electron chi connectivity index (χ1n) is 4.57. The summed E-state index contributed by atoms with van der Waals surface area (Å²) in [6, 6.07) is 6.75. The van der Waals surface area contributed by atoms with Crippen LogP contribution in [0.1, 0.15) is 5.56 Å². The highest BCUT2D eigenvalue weighted by Gasteiger charge is 2.12. The van der Waals surface area contributed by atoms with Gasteiger partial charge in [-0.2, -0.15) is 10.4 Å². The highest BCUT2D eigenvalue weighted by Crippen LogP contribution is 2.25. The van der Waals surface area contributed by atoms with Crippen LogP contribution in [0.4, 0.5) is 4.39 Å². The van der Waals surface area contributed by atoms with Crippen LogP contribution in [-0.4, -0.2) is 10.2 Å². The van der Waals surface area contributed by atoms with E-state index >= 15 is 0 Å². The molecular weight excluding hydrogens is 245 g/mol. The summed E-state index contributed by atoms with van der Waals surface area (Å²) in [6.45, 7) is 0. The summed E-state index contributed by atoms with van der Waals surface area (Å²) >= 11 is 5.74. The van der Waals surface area contributed by atoms with Gasteiger partial charge in [0, 0.05) is 16.7 Å². The summed E-state index contributed by atoms with van der Waals surface area (Å²) < 4.78 is 13.6. The molecule has 17 heavy (non-hydrogen) atoms. The van der Waals surface area contributed by atoms with E-state index in [4.69, 9.17) is 16.9 Å². The molecule has 1 aromatic heterocycles. The summed E-state index contributed by atoms with van der Waals surface area (Å²) in [6.07, 6.45) is 0. The summed E-state index contributed by atoms with van der Waals surface area (Å²) in [4.78, 5) is 11.0. The Morgan fingerprint density at radius 3 is 2.88 bits per heavy atom. The van der Waals surface area contributed by atoms with E-state index in [0.717, 1.165) is 6.07 Å². The van der Waals surface area contributed by atoms with Crippen LogP contribution in [0.5, 0.6) is 0 Å². The number of benzene rings is 1. The van der Waals surface area contributed by atoms with Gasteiger partial charge in [-0.05, 0) is 18.2 Å². The minimum absolute atomic E-state index is 0.00471. The van der Waals surface area contributed by atoms with Crippen LogP contribution in [0, 0.1) is 17.1 Å². The number of H-pyrrole nitrogens is 1. The van der Waals surface area contributed by atoms with Crippen molar-refractivity contribution in [1.29, 1.82) is 5.26 Å². The third-order valence-electron chi connectivity index (χ3n) is 2.11. The van der Waals surface area contributed by atoms with E-state index in [2.05, 4.69) is 10.2 Å². The monoisotopic (exact) mass is 249 g/mol. The molecule has 0 aliphatic heterocycles. The summed E-state index contributed by atoms with van der Waals surface area (Å²) in [5, 5.41) is 15.0. The number of nitrogens with zero attached hydrogens (tertiary/aromatic N) is 2. The van der Waals surface area contributed by atoms with Crippen molar-refractivity contribution in [2.24, 2.45) is 0 Å². The van der Waals surface area contributed by atoms with Crippen LogP contribution in [0.3, 0.4) is 0 Å². The minimum atomic E-state index is -0.564. The Bertz CT molecular complexity index is 675. The summed E-state index contributed by atoms with van der Waals surface area (Å²) in [5.41, 5.74) is -0.389. The fourth-order valence-corrected chi connectivity index (χ4v) is 1.54. The molecule has 0 radical (unpaired) electrons. The fraction of sp³-hybridized carbons (Fsp3) is 0. The smallest absolute Gasteiger partial charge is 0.265 e. The van der Waals surface area contributed by atoms with Crippen molar-refractivity contribution in [1.82, 2.24) is 10.2 Å². The largest absolute Gasteiger partial charge is 0.268 e. The lowest BCUT2D eigenvalue weighted by Gasteiger charge is -2.04. The summed E-state index contributed by atoms with van der Waals surface area (Å²) in [5.74, 6) is -0.564. The van der Waals surface area contributed by atoms with Crippen LogP contribution < -0.4 is 5.56 Å². The van der Waals surface area contributed by atoms with Gasteiger partial charge in [-0.25, -0.2) is 9.49 Å². The second-order valence-corrected chi connectivity index (χ2v) is 3.67. The Balaban J connectivity index is 2.73. The third kappa shape index (κ3) is 2.17. The molecule has 0 bridgehead atoms. The normalized spacial score (nSPS) is 9.94. The van der Waals surface area contributed by atoms with E-state index in [9.17, 15) is 9.18 Å². The van der Waals surface area contributed by atoms with E-state index in [1.165, 1.54) is 18.2 Å². The molecule has 0 aliphatic rings. The van der Waals surface area contributed by atoms with Crippen molar-refractivity contribution in [3.05, 3.63) is 51.0 Å². The maximum Gasteiger partial charge on any atom is 0.265 e. The Labute approximate surface area is 100 Å². The Hall–Kier alpha value is -2.19. The van der Waals surface area contributed by atoms with Gasteiger partial charge < -0.3 is 0 Å². The van der Waals surface area contributed by atoms with E-state index in [1.54, 1.807) is 6.07 Å². The molecule has 0 saturated heterocycles. The summed E-state index contributed by atoms with van der Waals surface area (Å²) in [7, 11) is 0. The van der Waals surface area contributed by atoms with Gasteiger partial charge in [-0.15, -0.1) is 0 Å². The maximum absolute atomic E-state index is 13.6. The van der Waals surface area contributed by atoms with Crippen LogP contribution in [-0.2, 0) is 0 Å². The van der Waals surface area contributed by atoms with E-state index < -0.39 is 11.4 Å². The van der Waals surface area contributed by atoms with Gasteiger partial charge in [-0.3, -0.25) is 4.79 Å². The molecule has 0 unspecified atom stereocenters. The quantitative estimate of drug-likeness (QED) is 0.841. The first-order chi connectivity index (χ1) is 8.11. The second-order valence-electron chi connectivity index (χ2n) is 3.23. The molecule has 1 aromatic carbocycles. The van der Waals surface area contributed by atoms with Gasteiger partial charge in [-0.1, -0.05) is 11.6 Å². The lowest BCUT2D eigenvalue weighted by Crippen LogP contribution is -2.09. The first kappa shape index (κ1) is 11.3. The number of nitriles is 1. The predicted molar refractivity (Wildman–Crippen MR) is 60.0 cm³/mol. The lowest BCUT2D eigenvalue weighted by atomic mass is 10.1. The van der Waals surface area contributed by atoms with Crippen molar-refractivity contribution in [2.75, 3.05) is 0 Å². The molecule has 1 heterocycles. The molecule has 1 N–H and O–H groups in total. The molecule has 0 amide bonds. The van der Waals surface area contributed by atoms with Crippen molar-refractivity contribution in [3.63, 3.8) is 0 Å². The number of rotatable bonds is 1. The molecule has 0 spiro atoms. The standard InChI is InChI=1S/C11H5ClFN3O/c12-7-1-2-9(13)8(4-7)11-6(5-14)3-10(17)15-16-11/h1-4H,(H,15,17). The second kappa shape index (κ2) is 4.36.